The molecule has 4 nitrogen and oxygen atoms in total. The smallest absolute Gasteiger partial charge is 0.223 e. The quantitative estimate of drug-likeness (QED) is 0.654. The van der Waals surface area contributed by atoms with E-state index in [9.17, 15) is 4.79 Å². The highest BCUT2D eigenvalue weighted by Crippen LogP contribution is 2.26. The lowest BCUT2D eigenvalue weighted by Gasteiger charge is -2.11. The average Bonchev–Trinajstić information content (AvgIpc) is 2.81. The van der Waals surface area contributed by atoms with Crippen molar-refractivity contribution in [2.45, 2.75) is 25.9 Å². The first-order valence-corrected chi connectivity index (χ1v) is 6.90. The molecule has 0 heterocycles. The zero-order valence-corrected chi connectivity index (χ0v) is 11.4. The fourth-order valence-corrected chi connectivity index (χ4v) is 2.47. The van der Waals surface area contributed by atoms with Gasteiger partial charge in [-0.05, 0) is 30.9 Å². The van der Waals surface area contributed by atoms with Gasteiger partial charge in [0.05, 0.1) is 6.10 Å². The van der Waals surface area contributed by atoms with Gasteiger partial charge in [0.2, 0.25) is 5.91 Å². The summed E-state index contributed by atoms with van der Waals surface area (Å²) in [4.78, 5) is 12.0. The highest BCUT2D eigenvalue weighted by Gasteiger charge is 2.26. The van der Waals surface area contributed by atoms with E-state index >= 15 is 0 Å². The summed E-state index contributed by atoms with van der Waals surface area (Å²) in [5.41, 5.74) is 2.60. The summed E-state index contributed by atoms with van der Waals surface area (Å²) >= 11 is 0. The van der Waals surface area contributed by atoms with Gasteiger partial charge in [-0.25, -0.2) is 0 Å². The predicted octanol–water partition coefficient (Wildman–Crippen LogP) is 0.488. The normalized spacial score (nSPS) is 16.1. The van der Waals surface area contributed by atoms with Crippen molar-refractivity contribution in [3.63, 3.8) is 0 Å². The molecule has 1 aliphatic rings. The van der Waals surface area contributed by atoms with E-state index in [1.807, 2.05) is 12.1 Å². The number of benzene rings is 1. The minimum absolute atomic E-state index is 0.0779. The van der Waals surface area contributed by atoms with Crippen LogP contribution in [0, 0.1) is 5.92 Å². The number of carbonyl (C=O) groups is 1. The molecule has 3 N–H and O–H groups in total. The van der Waals surface area contributed by atoms with Crippen LogP contribution < -0.4 is 10.6 Å². The van der Waals surface area contributed by atoms with Crippen LogP contribution in [-0.2, 0) is 17.6 Å². The van der Waals surface area contributed by atoms with Crippen molar-refractivity contribution in [2.75, 3.05) is 19.6 Å². The maximum absolute atomic E-state index is 12.0. The first-order chi connectivity index (χ1) is 9.16. The fourth-order valence-electron chi connectivity index (χ4n) is 2.47. The lowest BCUT2D eigenvalue weighted by molar-refractivity contribution is -0.124. The number of carbonyl (C=O) groups excluding carboxylic acids is 1. The third kappa shape index (κ3) is 4.04. The third-order valence-corrected chi connectivity index (χ3v) is 3.46. The Morgan fingerprint density at radius 1 is 1.32 bits per heavy atom. The summed E-state index contributed by atoms with van der Waals surface area (Å²) in [5, 5.41) is 15.1. The molecule has 1 amide bonds. The van der Waals surface area contributed by atoms with E-state index in [0.717, 1.165) is 12.8 Å². The maximum Gasteiger partial charge on any atom is 0.223 e. The summed E-state index contributed by atoms with van der Waals surface area (Å²) in [6, 6.07) is 8.26. The number of nitrogens with one attached hydrogen (secondary N) is 2. The second-order valence-electron chi connectivity index (χ2n) is 5.22. The predicted molar refractivity (Wildman–Crippen MR) is 74.9 cm³/mol. The number of rotatable bonds is 6. The average molecular weight is 262 g/mol. The Hall–Kier alpha value is -1.39. The van der Waals surface area contributed by atoms with E-state index in [-0.39, 0.29) is 17.9 Å². The maximum atomic E-state index is 12.0. The Bertz CT molecular complexity index is 407. The Morgan fingerprint density at radius 3 is 2.53 bits per heavy atom. The molecular formula is C15H22N2O2. The van der Waals surface area contributed by atoms with E-state index in [2.05, 4.69) is 22.8 Å². The van der Waals surface area contributed by atoms with E-state index in [0.29, 0.717) is 19.6 Å². The van der Waals surface area contributed by atoms with Crippen LogP contribution in [0.3, 0.4) is 0 Å². The molecule has 0 saturated carbocycles. The zero-order chi connectivity index (χ0) is 13.7. The molecule has 0 saturated heterocycles. The summed E-state index contributed by atoms with van der Waals surface area (Å²) < 4.78 is 0. The zero-order valence-electron chi connectivity index (χ0n) is 11.4. The minimum Gasteiger partial charge on any atom is -0.392 e. The van der Waals surface area contributed by atoms with Gasteiger partial charge in [0, 0.05) is 25.6 Å². The number of amides is 1. The summed E-state index contributed by atoms with van der Waals surface area (Å²) in [5.74, 6) is 0.212. The Kier molecular flexibility index (Phi) is 4.93. The van der Waals surface area contributed by atoms with Crippen molar-refractivity contribution >= 4 is 5.91 Å². The van der Waals surface area contributed by atoms with Crippen LogP contribution in [0.15, 0.2) is 24.3 Å². The number of hydrogen-bond acceptors (Lipinski definition) is 3. The highest BCUT2D eigenvalue weighted by molar-refractivity contribution is 5.80. The van der Waals surface area contributed by atoms with Gasteiger partial charge in [0.25, 0.3) is 0 Å². The van der Waals surface area contributed by atoms with Crippen molar-refractivity contribution in [1.29, 1.82) is 0 Å². The van der Waals surface area contributed by atoms with Crippen LogP contribution in [0.25, 0.3) is 0 Å². The van der Waals surface area contributed by atoms with Crippen LogP contribution in [-0.4, -0.2) is 36.8 Å². The molecule has 0 aliphatic heterocycles. The molecule has 4 heteroatoms. The molecule has 0 spiro atoms. The number of aliphatic hydroxyl groups excluding tert-OH is 1. The van der Waals surface area contributed by atoms with Gasteiger partial charge in [0.15, 0.2) is 0 Å². The molecule has 1 unspecified atom stereocenters. The molecule has 104 valence electrons. The molecule has 0 fully saturated rings. The number of hydrogen-bond donors (Lipinski definition) is 3. The monoisotopic (exact) mass is 262 g/mol. The van der Waals surface area contributed by atoms with Crippen molar-refractivity contribution in [1.82, 2.24) is 10.6 Å². The lowest BCUT2D eigenvalue weighted by Crippen LogP contribution is -2.37. The fraction of sp³-hybridized carbons (Fsp3) is 0.533. The Balaban J connectivity index is 1.68. The minimum atomic E-state index is -0.347. The van der Waals surface area contributed by atoms with Gasteiger partial charge in [-0.2, -0.15) is 0 Å². The van der Waals surface area contributed by atoms with Crippen LogP contribution >= 0.6 is 0 Å². The van der Waals surface area contributed by atoms with E-state index in [1.54, 1.807) is 6.92 Å². The van der Waals surface area contributed by atoms with Gasteiger partial charge < -0.3 is 15.7 Å². The van der Waals surface area contributed by atoms with Crippen molar-refractivity contribution in [2.24, 2.45) is 5.92 Å². The first kappa shape index (κ1) is 14.0. The molecule has 1 aromatic rings. The molecular weight excluding hydrogens is 240 g/mol. The summed E-state index contributed by atoms with van der Waals surface area (Å²) in [6.07, 6.45) is 1.35. The van der Waals surface area contributed by atoms with Crippen molar-refractivity contribution in [3.8, 4) is 0 Å². The van der Waals surface area contributed by atoms with Crippen LogP contribution in [0.2, 0.25) is 0 Å². The molecule has 0 radical (unpaired) electrons. The summed E-state index contributed by atoms with van der Waals surface area (Å²) in [7, 11) is 0. The van der Waals surface area contributed by atoms with E-state index in [1.165, 1.54) is 11.1 Å². The second kappa shape index (κ2) is 6.68. The second-order valence-corrected chi connectivity index (χ2v) is 5.22. The molecule has 0 bridgehead atoms. The van der Waals surface area contributed by atoms with Gasteiger partial charge in [-0.15, -0.1) is 0 Å². The molecule has 19 heavy (non-hydrogen) atoms. The topological polar surface area (TPSA) is 61.4 Å². The van der Waals surface area contributed by atoms with E-state index < -0.39 is 0 Å². The largest absolute Gasteiger partial charge is 0.392 e. The van der Waals surface area contributed by atoms with Gasteiger partial charge in [-0.1, -0.05) is 24.3 Å². The van der Waals surface area contributed by atoms with Crippen LogP contribution in [0.1, 0.15) is 18.1 Å². The lowest BCUT2D eigenvalue weighted by atomic mass is 10.1. The molecule has 1 aromatic carbocycles. The van der Waals surface area contributed by atoms with Crippen LogP contribution in [0.5, 0.6) is 0 Å². The molecule has 1 atom stereocenters. The van der Waals surface area contributed by atoms with Crippen molar-refractivity contribution in [3.05, 3.63) is 35.4 Å². The Morgan fingerprint density at radius 2 is 1.95 bits per heavy atom. The van der Waals surface area contributed by atoms with Gasteiger partial charge in [-0.3, -0.25) is 4.79 Å². The van der Waals surface area contributed by atoms with Crippen molar-refractivity contribution < 1.29 is 9.90 Å². The molecule has 1 aliphatic carbocycles. The van der Waals surface area contributed by atoms with E-state index in [4.69, 9.17) is 5.11 Å². The van der Waals surface area contributed by atoms with Gasteiger partial charge in [0.1, 0.15) is 0 Å². The molecule has 2 rings (SSSR count). The first-order valence-electron chi connectivity index (χ1n) is 6.90. The number of aliphatic hydroxyl groups is 1. The summed E-state index contributed by atoms with van der Waals surface area (Å²) in [6.45, 7) is 3.60. The van der Waals surface area contributed by atoms with Gasteiger partial charge >= 0.3 is 0 Å². The third-order valence-electron chi connectivity index (χ3n) is 3.46. The standard InChI is InChI=1S/C15H22N2O2/c1-11(18)10-16-6-7-17-15(19)14-8-12-4-2-3-5-13(12)9-14/h2-5,11,14,16,18H,6-10H2,1H3,(H,17,19). The number of fused-ring (bicyclic) bond motifs is 1. The molecule has 0 aromatic heterocycles. The Labute approximate surface area is 114 Å². The highest BCUT2D eigenvalue weighted by atomic mass is 16.3. The SMILES string of the molecule is CC(O)CNCCNC(=O)C1Cc2ccccc2C1. The van der Waals surface area contributed by atoms with Crippen LogP contribution in [0.4, 0.5) is 0 Å².